The predicted octanol–water partition coefficient (Wildman–Crippen LogP) is 4.66. The Morgan fingerprint density at radius 2 is 1.50 bits per heavy atom. The van der Waals surface area contributed by atoms with Gasteiger partial charge in [0.25, 0.3) is 0 Å². The summed E-state index contributed by atoms with van der Waals surface area (Å²) < 4.78 is 0. The van der Waals surface area contributed by atoms with Gasteiger partial charge in [0.05, 0.1) is 0 Å². The van der Waals surface area contributed by atoms with Crippen LogP contribution in [0.5, 0.6) is 0 Å². The van der Waals surface area contributed by atoms with Crippen molar-refractivity contribution in [2.24, 2.45) is 11.8 Å². The molecule has 0 aromatic carbocycles. The molecule has 0 amide bonds. The molecule has 74 valence electrons. The monoisotopic (exact) mass is 170 g/mol. The summed E-state index contributed by atoms with van der Waals surface area (Å²) in [6.07, 6.45) is 3.60. The fraction of sp³-hybridized carbons (Fsp3) is 0.833. The molecule has 0 aromatic rings. The zero-order valence-electron chi connectivity index (χ0n) is 9.94. The number of hydrogen-bond acceptors (Lipinski definition) is 0. The lowest BCUT2D eigenvalue weighted by Gasteiger charge is -2.34. The van der Waals surface area contributed by atoms with Crippen LogP contribution in [0.2, 0.25) is 0 Å². The molecule has 1 saturated carbocycles. The van der Waals surface area contributed by atoms with Gasteiger partial charge in [-0.05, 0) is 25.2 Å². The van der Waals surface area contributed by atoms with Crippen LogP contribution in [0.25, 0.3) is 0 Å². The Kier molecular flexibility index (Phi) is 10.5. The van der Waals surface area contributed by atoms with Crippen LogP contribution in [-0.2, 0) is 0 Å². The Balaban J connectivity index is 0. The molecule has 0 heteroatoms. The molecule has 0 bridgehead atoms. The van der Waals surface area contributed by atoms with Crippen LogP contribution in [0.15, 0.2) is 11.6 Å². The lowest BCUT2D eigenvalue weighted by atomic mass is 9.71. The van der Waals surface area contributed by atoms with Crippen molar-refractivity contribution >= 4 is 0 Å². The lowest BCUT2D eigenvalue weighted by molar-refractivity contribution is 0.326. The molecule has 0 saturated heterocycles. The van der Waals surface area contributed by atoms with E-state index in [4.69, 9.17) is 0 Å². The van der Waals surface area contributed by atoms with Gasteiger partial charge >= 0.3 is 0 Å². The molecule has 2 unspecified atom stereocenters. The van der Waals surface area contributed by atoms with E-state index in [-0.39, 0.29) is 0 Å². The average molecular weight is 170 g/mol. The van der Waals surface area contributed by atoms with E-state index >= 15 is 0 Å². The number of hydrogen-bond donors (Lipinski definition) is 0. The summed E-state index contributed by atoms with van der Waals surface area (Å²) in [5, 5.41) is 0. The van der Waals surface area contributed by atoms with Crippen LogP contribution in [-0.4, -0.2) is 0 Å². The zero-order chi connectivity index (χ0) is 10.1. The molecule has 0 spiro atoms. The minimum atomic E-state index is 0.875. The van der Waals surface area contributed by atoms with Gasteiger partial charge < -0.3 is 0 Å². The van der Waals surface area contributed by atoms with E-state index in [2.05, 4.69) is 26.8 Å². The van der Waals surface area contributed by atoms with Crippen LogP contribution in [0.4, 0.5) is 0 Å². The van der Waals surface area contributed by atoms with Crippen molar-refractivity contribution in [3.8, 4) is 0 Å². The van der Waals surface area contributed by atoms with E-state index in [1.165, 1.54) is 6.42 Å². The van der Waals surface area contributed by atoms with Gasteiger partial charge in [0.2, 0.25) is 0 Å². The Morgan fingerprint density at radius 3 is 1.58 bits per heavy atom. The smallest absolute Gasteiger partial charge is 0.0203 e. The summed E-state index contributed by atoms with van der Waals surface area (Å²) in [6, 6.07) is 0. The fourth-order valence-corrected chi connectivity index (χ4v) is 1.32. The standard InChI is InChI=1S/C8H14.2C2H6/c1-4-8-5-6(2)7(8)3;2*1-2/h4,6-7H,5H2,1-3H3;2*1-2H3. The van der Waals surface area contributed by atoms with Crippen LogP contribution in [0, 0.1) is 11.8 Å². The molecule has 1 aliphatic carbocycles. The maximum absolute atomic E-state index is 2.32. The molecular formula is C12H26. The van der Waals surface area contributed by atoms with Crippen molar-refractivity contribution < 1.29 is 0 Å². The highest BCUT2D eigenvalue weighted by molar-refractivity contribution is 5.15. The van der Waals surface area contributed by atoms with Crippen molar-refractivity contribution in [2.75, 3.05) is 0 Å². The average Bonchev–Trinajstić information content (AvgIpc) is 2.19. The van der Waals surface area contributed by atoms with Crippen molar-refractivity contribution in [3.63, 3.8) is 0 Å². The molecule has 0 N–H and O–H groups in total. The quantitative estimate of drug-likeness (QED) is 0.464. The lowest BCUT2D eigenvalue weighted by Crippen LogP contribution is -2.22. The first-order valence-electron chi connectivity index (χ1n) is 5.40. The minimum absolute atomic E-state index is 0.875. The van der Waals surface area contributed by atoms with Gasteiger partial charge in [-0.15, -0.1) is 0 Å². The first kappa shape index (κ1) is 14.3. The molecule has 1 rings (SSSR count). The highest BCUT2D eigenvalue weighted by Gasteiger charge is 2.26. The van der Waals surface area contributed by atoms with E-state index in [1.54, 1.807) is 5.57 Å². The highest BCUT2D eigenvalue weighted by atomic mass is 14.3. The van der Waals surface area contributed by atoms with E-state index in [9.17, 15) is 0 Å². The third-order valence-corrected chi connectivity index (χ3v) is 2.37. The molecule has 0 aliphatic heterocycles. The van der Waals surface area contributed by atoms with Gasteiger partial charge in [-0.1, -0.05) is 53.2 Å². The van der Waals surface area contributed by atoms with Gasteiger partial charge in [-0.25, -0.2) is 0 Å². The van der Waals surface area contributed by atoms with Crippen LogP contribution in [0.1, 0.15) is 54.9 Å². The molecule has 12 heavy (non-hydrogen) atoms. The second-order valence-corrected chi connectivity index (χ2v) is 2.83. The Morgan fingerprint density at radius 1 is 1.08 bits per heavy atom. The highest BCUT2D eigenvalue weighted by Crippen LogP contribution is 2.38. The van der Waals surface area contributed by atoms with E-state index < -0.39 is 0 Å². The molecule has 0 radical (unpaired) electrons. The molecule has 0 heterocycles. The topological polar surface area (TPSA) is 0 Å². The van der Waals surface area contributed by atoms with E-state index in [0.29, 0.717) is 0 Å². The maximum Gasteiger partial charge on any atom is -0.0203 e. The fourth-order valence-electron chi connectivity index (χ4n) is 1.32. The number of allylic oxidation sites excluding steroid dienone is 2. The van der Waals surface area contributed by atoms with Crippen molar-refractivity contribution in [1.29, 1.82) is 0 Å². The molecule has 2 atom stereocenters. The summed E-state index contributed by atoms with van der Waals surface area (Å²) in [4.78, 5) is 0. The van der Waals surface area contributed by atoms with Gasteiger partial charge in [0, 0.05) is 0 Å². The molecular weight excluding hydrogens is 144 g/mol. The van der Waals surface area contributed by atoms with Gasteiger partial charge in [0.15, 0.2) is 0 Å². The van der Waals surface area contributed by atoms with Crippen LogP contribution in [0.3, 0.4) is 0 Å². The maximum atomic E-state index is 2.32. The van der Waals surface area contributed by atoms with Crippen molar-refractivity contribution in [2.45, 2.75) is 54.9 Å². The summed E-state index contributed by atoms with van der Waals surface area (Å²) in [5.41, 5.74) is 1.65. The number of rotatable bonds is 0. The van der Waals surface area contributed by atoms with Crippen molar-refractivity contribution in [1.82, 2.24) is 0 Å². The first-order valence-corrected chi connectivity index (χ1v) is 5.40. The van der Waals surface area contributed by atoms with E-state index in [1.807, 2.05) is 27.7 Å². The Labute approximate surface area is 79.1 Å². The summed E-state index contributed by atoms with van der Waals surface area (Å²) in [5.74, 6) is 1.82. The summed E-state index contributed by atoms with van der Waals surface area (Å²) in [6.45, 7) is 14.8. The minimum Gasteiger partial charge on any atom is -0.0882 e. The second kappa shape index (κ2) is 8.83. The van der Waals surface area contributed by atoms with Gasteiger partial charge in [-0.3, -0.25) is 0 Å². The molecule has 0 aromatic heterocycles. The third-order valence-electron chi connectivity index (χ3n) is 2.37. The Bertz CT molecular complexity index is 111. The summed E-state index contributed by atoms with van der Waals surface area (Å²) in [7, 11) is 0. The van der Waals surface area contributed by atoms with Crippen LogP contribution < -0.4 is 0 Å². The molecule has 1 fully saturated rings. The normalized spacial score (nSPS) is 29.1. The van der Waals surface area contributed by atoms with Gasteiger partial charge in [-0.2, -0.15) is 0 Å². The molecule has 0 nitrogen and oxygen atoms in total. The SMILES string of the molecule is CC.CC.CC=C1CC(C)C1C. The Hall–Kier alpha value is -0.260. The van der Waals surface area contributed by atoms with Crippen LogP contribution >= 0.6 is 0 Å². The second-order valence-electron chi connectivity index (χ2n) is 2.83. The predicted molar refractivity (Wildman–Crippen MR) is 59.4 cm³/mol. The van der Waals surface area contributed by atoms with E-state index in [0.717, 1.165) is 11.8 Å². The third kappa shape index (κ3) is 3.94. The molecule has 1 aliphatic rings. The largest absolute Gasteiger partial charge is 0.0882 e. The first-order chi connectivity index (χ1) is 5.75. The van der Waals surface area contributed by atoms with Crippen molar-refractivity contribution in [3.05, 3.63) is 11.6 Å². The zero-order valence-corrected chi connectivity index (χ0v) is 9.94. The summed E-state index contributed by atoms with van der Waals surface area (Å²) >= 11 is 0. The van der Waals surface area contributed by atoms with Gasteiger partial charge in [0.1, 0.15) is 0 Å².